The van der Waals surface area contributed by atoms with Crippen molar-refractivity contribution in [3.63, 3.8) is 0 Å². The van der Waals surface area contributed by atoms with Gasteiger partial charge in [0.2, 0.25) is 11.8 Å². The van der Waals surface area contributed by atoms with Crippen LogP contribution in [-0.2, 0) is 0 Å². The summed E-state index contributed by atoms with van der Waals surface area (Å²) in [7, 11) is 0. The SMILES string of the molecule is Cc1nc(Cl)cc(Oc2cc(C(N)=O)ccc2C)n1. The van der Waals surface area contributed by atoms with Crippen LogP contribution in [0.15, 0.2) is 24.3 Å². The Morgan fingerprint density at radius 3 is 2.63 bits per heavy atom. The highest BCUT2D eigenvalue weighted by Crippen LogP contribution is 2.26. The van der Waals surface area contributed by atoms with Gasteiger partial charge in [0.25, 0.3) is 0 Å². The molecule has 1 aromatic carbocycles. The molecule has 2 N–H and O–H groups in total. The van der Waals surface area contributed by atoms with Crippen molar-refractivity contribution >= 4 is 17.5 Å². The van der Waals surface area contributed by atoms with Crippen LogP contribution in [0.3, 0.4) is 0 Å². The first-order valence-electron chi connectivity index (χ1n) is 5.55. The average Bonchev–Trinajstić information content (AvgIpc) is 2.30. The number of hydrogen-bond acceptors (Lipinski definition) is 4. The topological polar surface area (TPSA) is 78.1 Å². The Bertz CT molecular complexity index is 624. The van der Waals surface area contributed by atoms with E-state index in [2.05, 4.69) is 9.97 Å². The quantitative estimate of drug-likeness (QED) is 0.875. The molecule has 0 saturated carbocycles. The van der Waals surface area contributed by atoms with Crippen molar-refractivity contribution in [3.05, 3.63) is 46.4 Å². The van der Waals surface area contributed by atoms with E-state index in [-0.39, 0.29) is 0 Å². The molecule has 0 saturated heterocycles. The van der Waals surface area contributed by atoms with Crippen LogP contribution in [0.1, 0.15) is 21.7 Å². The fourth-order valence-corrected chi connectivity index (χ4v) is 1.75. The summed E-state index contributed by atoms with van der Waals surface area (Å²) in [6, 6.07) is 6.47. The zero-order valence-electron chi connectivity index (χ0n) is 10.5. The zero-order chi connectivity index (χ0) is 14.0. The Balaban J connectivity index is 2.37. The molecular formula is C13H12ClN3O2. The minimum Gasteiger partial charge on any atom is -0.439 e. The van der Waals surface area contributed by atoms with Gasteiger partial charge in [0, 0.05) is 11.6 Å². The highest BCUT2D eigenvalue weighted by atomic mass is 35.5. The summed E-state index contributed by atoms with van der Waals surface area (Å²) in [5, 5.41) is 0.297. The minimum absolute atomic E-state index is 0.297. The van der Waals surface area contributed by atoms with E-state index < -0.39 is 5.91 Å². The number of benzene rings is 1. The molecule has 0 spiro atoms. The lowest BCUT2D eigenvalue weighted by atomic mass is 10.1. The summed E-state index contributed by atoms with van der Waals surface area (Å²) in [5.74, 6) is 0.820. The fraction of sp³-hybridized carbons (Fsp3) is 0.154. The number of ether oxygens (including phenoxy) is 1. The van der Waals surface area contributed by atoms with Gasteiger partial charge in [-0.3, -0.25) is 4.79 Å². The van der Waals surface area contributed by atoms with E-state index in [9.17, 15) is 4.79 Å². The number of hydrogen-bond donors (Lipinski definition) is 1. The van der Waals surface area contributed by atoms with Crippen LogP contribution in [0.25, 0.3) is 0 Å². The highest BCUT2D eigenvalue weighted by molar-refractivity contribution is 6.29. The van der Waals surface area contributed by atoms with Gasteiger partial charge in [-0.05, 0) is 31.5 Å². The smallest absolute Gasteiger partial charge is 0.248 e. The number of halogens is 1. The van der Waals surface area contributed by atoms with Crippen molar-refractivity contribution in [1.82, 2.24) is 9.97 Å². The number of amides is 1. The fourth-order valence-electron chi connectivity index (χ4n) is 1.53. The largest absolute Gasteiger partial charge is 0.439 e. The Labute approximate surface area is 115 Å². The second kappa shape index (κ2) is 5.24. The van der Waals surface area contributed by atoms with E-state index in [1.54, 1.807) is 25.1 Å². The average molecular weight is 278 g/mol. The van der Waals surface area contributed by atoms with E-state index in [0.717, 1.165) is 5.56 Å². The molecule has 5 nitrogen and oxygen atoms in total. The molecule has 0 bridgehead atoms. The minimum atomic E-state index is -0.512. The Kier molecular flexibility index (Phi) is 3.66. The van der Waals surface area contributed by atoms with Gasteiger partial charge >= 0.3 is 0 Å². The number of nitrogens with zero attached hydrogens (tertiary/aromatic N) is 2. The summed E-state index contributed by atoms with van der Waals surface area (Å²) in [4.78, 5) is 19.2. The molecule has 0 aliphatic rings. The summed E-state index contributed by atoms with van der Waals surface area (Å²) >= 11 is 5.83. The van der Waals surface area contributed by atoms with Gasteiger partial charge in [-0.2, -0.15) is 4.98 Å². The highest BCUT2D eigenvalue weighted by Gasteiger charge is 2.08. The lowest BCUT2D eigenvalue weighted by Crippen LogP contribution is -2.11. The van der Waals surface area contributed by atoms with Crippen molar-refractivity contribution < 1.29 is 9.53 Å². The summed E-state index contributed by atoms with van der Waals surface area (Å²) in [5.41, 5.74) is 6.46. The van der Waals surface area contributed by atoms with Crippen LogP contribution in [0.2, 0.25) is 5.15 Å². The van der Waals surface area contributed by atoms with Gasteiger partial charge in [0.15, 0.2) is 0 Å². The molecule has 0 atom stereocenters. The molecule has 0 aliphatic heterocycles. The van der Waals surface area contributed by atoms with E-state index in [0.29, 0.717) is 28.2 Å². The van der Waals surface area contributed by atoms with Crippen molar-refractivity contribution in [2.45, 2.75) is 13.8 Å². The molecule has 0 unspecified atom stereocenters. The van der Waals surface area contributed by atoms with Crippen LogP contribution < -0.4 is 10.5 Å². The van der Waals surface area contributed by atoms with Gasteiger partial charge < -0.3 is 10.5 Å². The third-order valence-electron chi connectivity index (χ3n) is 2.47. The maximum atomic E-state index is 11.1. The third-order valence-corrected chi connectivity index (χ3v) is 2.66. The van der Waals surface area contributed by atoms with Crippen molar-refractivity contribution in [2.24, 2.45) is 5.73 Å². The lowest BCUT2D eigenvalue weighted by Gasteiger charge is -2.09. The summed E-state index contributed by atoms with van der Waals surface area (Å²) in [6.07, 6.45) is 0. The molecule has 1 aromatic heterocycles. The van der Waals surface area contributed by atoms with E-state index >= 15 is 0 Å². The molecule has 2 aromatic rings. The molecule has 98 valence electrons. The van der Waals surface area contributed by atoms with Crippen LogP contribution in [0, 0.1) is 13.8 Å². The number of aryl methyl sites for hydroxylation is 2. The molecular weight excluding hydrogens is 266 g/mol. The Hall–Kier alpha value is -2.14. The van der Waals surface area contributed by atoms with Gasteiger partial charge in [-0.1, -0.05) is 17.7 Å². The first kappa shape index (κ1) is 13.3. The van der Waals surface area contributed by atoms with E-state index in [1.807, 2.05) is 6.92 Å². The third kappa shape index (κ3) is 3.20. The summed E-state index contributed by atoms with van der Waals surface area (Å²) < 4.78 is 5.62. The maximum absolute atomic E-state index is 11.1. The first-order chi connectivity index (χ1) is 8.95. The molecule has 0 aliphatic carbocycles. The molecule has 1 heterocycles. The second-order valence-corrected chi connectivity index (χ2v) is 4.41. The number of aromatic nitrogens is 2. The first-order valence-corrected chi connectivity index (χ1v) is 5.93. The van der Waals surface area contributed by atoms with Gasteiger partial charge in [0.1, 0.15) is 16.7 Å². The van der Waals surface area contributed by atoms with Gasteiger partial charge in [-0.25, -0.2) is 4.98 Å². The van der Waals surface area contributed by atoms with Crippen LogP contribution >= 0.6 is 11.6 Å². The zero-order valence-corrected chi connectivity index (χ0v) is 11.2. The number of carbonyl (C=O) groups excluding carboxylic acids is 1. The van der Waals surface area contributed by atoms with Crippen LogP contribution in [-0.4, -0.2) is 15.9 Å². The van der Waals surface area contributed by atoms with Crippen LogP contribution in [0.5, 0.6) is 11.6 Å². The summed E-state index contributed by atoms with van der Waals surface area (Å²) in [6.45, 7) is 3.57. The predicted molar refractivity (Wildman–Crippen MR) is 71.5 cm³/mol. The Morgan fingerprint density at radius 2 is 2.00 bits per heavy atom. The predicted octanol–water partition coefficient (Wildman–Crippen LogP) is 2.64. The number of carbonyl (C=O) groups is 1. The maximum Gasteiger partial charge on any atom is 0.248 e. The van der Waals surface area contributed by atoms with E-state index in [4.69, 9.17) is 22.1 Å². The van der Waals surface area contributed by atoms with Gasteiger partial charge in [0.05, 0.1) is 0 Å². The van der Waals surface area contributed by atoms with Gasteiger partial charge in [-0.15, -0.1) is 0 Å². The standard InChI is InChI=1S/C13H12ClN3O2/c1-7-3-4-9(13(15)18)5-10(7)19-12-6-11(14)16-8(2)17-12/h3-6H,1-2H3,(H2,15,18). The molecule has 19 heavy (non-hydrogen) atoms. The number of rotatable bonds is 3. The normalized spacial score (nSPS) is 10.3. The van der Waals surface area contributed by atoms with Crippen molar-refractivity contribution in [3.8, 4) is 11.6 Å². The lowest BCUT2D eigenvalue weighted by molar-refractivity contribution is 0.1000. The monoisotopic (exact) mass is 277 g/mol. The molecule has 2 rings (SSSR count). The molecule has 6 heteroatoms. The Morgan fingerprint density at radius 1 is 1.26 bits per heavy atom. The number of primary amides is 1. The van der Waals surface area contributed by atoms with Crippen molar-refractivity contribution in [2.75, 3.05) is 0 Å². The number of nitrogens with two attached hydrogens (primary N) is 1. The molecule has 1 amide bonds. The molecule has 0 fully saturated rings. The van der Waals surface area contributed by atoms with E-state index in [1.165, 1.54) is 6.07 Å². The van der Waals surface area contributed by atoms with Crippen LogP contribution in [0.4, 0.5) is 0 Å². The second-order valence-electron chi connectivity index (χ2n) is 4.02. The molecule has 0 radical (unpaired) electrons. The van der Waals surface area contributed by atoms with Crippen molar-refractivity contribution in [1.29, 1.82) is 0 Å².